The molecule has 0 aliphatic carbocycles. The van der Waals surface area contributed by atoms with E-state index >= 15 is 0 Å². The highest BCUT2D eigenvalue weighted by atomic mass is 19.4. The topological polar surface area (TPSA) is 85.4 Å². The second kappa shape index (κ2) is 11.1. The molecule has 0 N–H and O–H groups in total. The third kappa shape index (κ3) is 6.87. The van der Waals surface area contributed by atoms with Crippen LogP contribution in [-0.2, 0) is 20.5 Å². The molecule has 1 saturated heterocycles. The first-order valence-corrected chi connectivity index (χ1v) is 10.8. The average molecular weight is 494 g/mol. The number of Topliss-reactive ketones (excluding diaryl/α,β-unsaturated/α-hetero) is 1. The van der Waals surface area contributed by atoms with Crippen molar-refractivity contribution >= 4 is 23.3 Å². The maximum Gasteiger partial charge on any atom is 0.416 e. The molecule has 0 atom stereocenters. The summed E-state index contributed by atoms with van der Waals surface area (Å²) in [5, 5.41) is 0. The van der Waals surface area contributed by atoms with Crippen molar-refractivity contribution in [1.29, 1.82) is 0 Å². The Hall–Kier alpha value is -3.76. The van der Waals surface area contributed by atoms with E-state index < -0.39 is 36.8 Å². The summed E-state index contributed by atoms with van der Waals surface area (Å²) in [6, 6.07) is 9.57. The largest absolute Gasteiger partial charge is 0.493 e. The normalized spacial score (nSPS) is 13.9. The van der Waals surface area contributed by atoms with Crippen LogP contribution in [0, 0.1) is 0 Å². The summed E-state index contributed by atoms with van der Waals surface area (Å²) in [6.07, 6.45) is -4.43. The third-order valence-electron chi connectivity index (χ3n) is 5.44. The zero-order chi connectivity index (χ0) is 25.6. The molecule has 0 radical (unpaired) electrons. The summed E-state index contributed by atoms with van der Waals surface area (Å²) in [5.41, 5.74) is 0.132. The van der Waals surface area contributed by atoms with Crippen molar-refractivity contribution < 1.29 is 41.8 Å². The number of methoxy groups -OCH3 is 1. The summed E-state index contributed by atoms with van der Waals surface area (Å²) < 4.78 is 54.4. The second-order valence-electron chi connectivity index (χ2n) is 7.79. The fourth-order valence-corrected chi connectivity index (χ4v) is 3.51. The summed E-state index contributed by atoms with van der Waals surface area (Å²) in [4.78, 5) is 39.1. The maximum atomic E-state index is 12.9. The Labute approximate surface area is 200 Å². The number of hydrogen-bond acceptors (Lipinski definition) is 7. The standard InChI is InChI=1S/C24H25F3N2O6/c1-16(30)17-6-7-20(21(12-17)33-2)34-15-23(32)35-14-22(31)29-10-8-28(9-11-29)19-5-3-4-18(13-19)24(25,26)27/h3-7,12-13H,8-11,14-15H2,1-2H3. The van der Waals surface area contributed by atoms with Crippen molar-refractivity contribution in [3.63, 3.8) is 0 Å². The minimum Gasteiger partial charge on any atom is -0.493 e. The molecule has 1 amide bonds. The summed E-state index contributed by atoms with van der Waals surface area (Å²) >= 11 is 0. The Balaban J connectivity index is 1.44. The van der Waals surface area contributed by atoms with Gasteiger partial charge >= 0.3 is 12.1 Å². The van der Waals surface area contributed by atoms with E-state index in [4.69, 9.17) is 14.2 Å². The minimum atomic E-state index is -4.43. The van der Waals surface area contributed by atoms with Crippen LogP contribution in [0.25, 0.3) is 0 Å². The van der Waals surface area contributed by atoms with Gasteiger partial charge in [0.15, 0.2) is 30.5 Å². The van der Waals surface area contributed by atoms with Gasteiger partial charge in [0.25, 0.3) is 5.91 Å². The number of ether oxygens (including phenoxy) is 3. The molecule has 0 unspecified atom stereocenters. The predicted molar refractivity (Wildman–Crippen MR) is 120 cm³/mol. The van der Waals surface area contributed by atoms with E-state index in [1.165, 1.54) is 43.2 Å². The molecule has 2 aromatic rings. The molecule has 0 spiro atoms. The van der Waals surface area contributed by atoms with Crippen molar-refractivity contribution in [3.8, 4) is 11.5 Å². The van der Waals surface area contributed by atoms with E-state index in [2.05, 4.69) is 0 Å². The molecule has 11 heteroatoms. The average Bonchev–Trinajstić information content (AvgIpc) is 2.85. The molecule has 0 saturated carbocycles. The van der Waals surface area contributed by atoms with Crippen molar-refractivity contribution in [2.45, 2.75) is 13.1 Å². The van der Waals surface area contributed by atoms with E-state index in [-0.39, 0.29) is 30.4 Å². The molecule has 0 bridgehead atoms. The van der Waals surface area contributed by atoms with Crippen LogP contribution in [-0.4, -0.2) is 69.1 Å². The van der Waals surface area contributed by atoms with Crippen LogP contribution in [0.4, 0.5) is 18.9 Å². The fourth-order valence-electron chi connectivity index (χ4n) is 3.51. The molecule has 0 aromatic heterocycles. The molecule has 2 aromatic carbocycles. The lowest BCUT2D eigenvalue weighted by atomic mass is 10.1. The van der Waals surface area contributed by atoms with Crippen LogP contribution >= 0.6 is 0 Å². The van der Waals surface area contributed by atoms with Crippen molar-refractivity contribution in [2.75, 3.05) is 51.4 Å². The minimum absolute atomic E-state index is 0.150. The SMILES string of the molecule is COc1cc(C(C)=O)ccc1OCC(=O)OCC(=O)N1CCN(c2cccc(C(F)(F)F)c2)CC1. The Bertz CT molecular complexity index is 1080. The molecule has 1 aliphatic rings. The number of esters is 1. The number of halogens is 3. The lowest BCUT2D eigenvalue weighted by Gasteiger charge is -2.36. The first kappa shape index (κ1) is 25.9. The number of piperazine rings is 1. The van der Waals surface area contributed by atoms with Crippen LogP contribution in [0.5, 0.6) is 11.5 Å². The van der Waals surface area contributed by atoms with Crippen LogP contribution in [0.3, 0.4) is 0 Å². The number of hydrogen-bond donors (Lipinski definition) is 0. The predicted octanol–water partition coefficient (Wildman–Crippen LogP) is 3.19. The van der Waals surface area contributed by atoms with Gasteiger partial charge in [0.2, 0.25) is 0 Å². The number of ketones is 1. The van der Waals surface area contributed by atoms with E-state index in [9.17, 15) is 27.6 Å². The van der Waals surface area contributed by atoms with Gasteiger partial charge in [0.1, 0.15) is 0 Å². The molecule has 1 aliphatic heterocycles. The van der Waals surface area contributed by atoms with E-state index in [1.54, 1.807) is 11.0 Å². The number of carbonyl (C=O) groups is 3. The molecule has 1 fully saturated rings. The van der Waals surface area contributed by atoms with Gasteiger partial charge < -0.3 is 24.0 Å². The number of benzene rings is 2. The van der Waals surface area contributed by atoms with E-state index in [0.29, 0.717) is 24.3 Å². The molecule has 3 rings (SSSR count). The van der Waals surface area contributed by atoms with Gasteiger partial charge in [-0.05, 0) is 43.3 Å². The Kier molecular flexibility index (Phi) is 8.21. The summed E-state index contributed by atoms with van der Waals surface area (Å²) in [5.74, 6) is -0.806. The van der Waals surface area contributed by atoms with Gasteiger partial charge in [0, 0.05) is 37.4 Å². The van der Waals surface area contributed by atoms with E-state index in [1.807, 2.05) is 0 Å². The number of anilines is 1. The zero-order valence-corrected chi connectivity index (χ0v) is 19.3. The number of rotatable bonds is 8. The molecule has 188 valence electrons. The number of amides is 1. The Morgan fingerprint density at radius 1 is 0.943 bits per heavy atom. The highest BCUT2D eigenvalue weighted by Crippen LogP contribution is 2.32. The van der Waals surface area contributed by atoms with Crippen LogP contribution < -0.4 is 14.4 Å². The Morgan fingerprint density at radius 2 is 1.66 bits per heavy atom. The number of carbonyl (C=O) groups excluding carboxylic acids is 3. The highest BCUT2D eigenvalue weighted by molar-refractivity contribution is 5.94. The molecule has 8 nitrogen and oxygen atoms in total. The zero-order valence-electron chi connectivity index (χ0n) is 19.3. The van der Waals surface area contributed by atoms with Crippen LogP contribution in [0.2, 0.25) is 0 Å². The van der Waals surface area contributed by atoms with Gasteiger partial charge in [-0.2, -0.15) is 13.2 Å². The van der Waals surface area contributed by atoms with Gasteiger partial charge in [-0.3, -0.25) is 9.59 Å². The first-order chi connectivity index (χ1) is 16.6. The van der Waals surface area contributed by atoms with Crippen molar-refractivity contribution in [2.24, 2.45) is 0 Å². The first-order valence-electron chi connectivity index (χ1n) is 10.8. The number of nitrogens with zero attached hydrogens (tertiary/aromatic N) is 2. The third-order valence-corrected chi connectivity index (χ3v) is 5.44. The molecular weight excluding hydrogens is 469 g/mol. The van der Waals surface area contributed by atoms with Gasteiger partial charge in [0.05, 0.1) is 12.7 Å². The van der Waals surface area contributed by atoms with Gasteiger partial charge in [-0.25, -0.2) is 4.79 Å². The smallest absolute Gasteiger partial charge is 0.416 e. The quantitative estimate of drug-likeness (QED) is 0.412. The van der Waals surface area contributed by atoms with Crippen LogP contribution in [0.1, 0.15) is 22.8 Å². The van der Waals surface area contributed by atoms with Gasteiger partial charge in [-0.1, -0.05) is 6.07 Å². The second-order valence-corrected chi connectivity index (χ2v) is 7.79. The monoisotopic (exact) mass is 494 g/mol. The fraction of sp³-hybridized carbons (Fsp3) is 0.375. The lowest BCUT2D eigenvalue weighted by molar-refractivity contribution is -0.153. The van der Waals surface area contributed by atoms with Crippen molar-refractivity contribution in [3.05, 3.63) is 53.6 Å². The summed E-state index contributed by atoms with van der Waals surface area (Å²) in [7, 11) is 1.40. The maximum absolute atomic E-state index is 12.9. The van der Waals surface area contributed by atoms with Crippen LogP contribution in [0.15, 0.2) is 42.5 Å². The number of alkyl halides is 3. The summed E-state index contributed by atoms with van der Waals surface area (Å²) in [6.45, 7) is 1.72. The van der Waals surface area contributed by atoms with Crippen molar-refractivity contribution in [1.82, 2.24) is 4.90 Å². The Morgan fingerprint density at radius 3 is 2.29 bits per heavy atom. The van der Waals surface area contributed by atoms with E-state index in [0.717, 1.165) is 12.1 Å². The molecular formula is C24H25F3N2O6. The molecule has 1 heterocycles. The highest BCUT2D eigenvalue weighted by Gasteiger charge is 2.31. The molecule has 35 heavy (non-hydrogen) atoms. The lowest BCUT2D eigenvalue weighted by Crippen LogP contribution is -2.50. The van der Waals surface area contributed by atoms with Gasteiger partial charge in [-0.15, -0.1) is 0 Å².